The maximum absolute atomic E-state index is 12.4. The van der Waals surface area contributed by atoms with Gasteiger partial charge >= 0.3 is 0 Å². The number of aromatic nitrogens is 4. The van der Waals surface area contributed by atoms with E-state index in [0.717, 1.165) is 29.1 Å². The summed E-state index contributed by atoms with van der Waals surface area (Å²) in [7, 11) is 3.47. The second kappa shape index (κ2) is 5.70. The van der Waals surface area contributed by atoms with Crippen LogP contribution in [0.3, 0.4) is 0 Å². The van der Waals surface area contributed by atoms with E-state index < -0.39 is 0 Å². The van der Waals surface area contributed by atoms with Crippen molar-refractivity contribution in [2.45, 2.75) is 25.4 Å². The molecule has 1 aliphatic carbocycles. The van der Waals surface area contributed by atoms with Crippen LogP contribution in [-0.4, -0.2) is 50.4 Å². The lowest BCUT2D eigenvalue weighted by Crippen LogP contribution is -2.30. The van der Waals surface area contributed by atoms with Gasteiger partial charge in [-0.25, -0.2) is 0 Å². The molecule has 1 fully saturated rings. The van der Waals surface area contributed by atoms with E-state index in [4.69, 9.17) is 4.74 Å². The summed E-state index contributed by atoms with van der Waals surface area (Å²) in [5.41, 5.74) is 0.885. The van der Waals surface area contributed by atoms with E-state index in [9.17, 15) is 4.79 Å². The first kappa shape index (κ1) is 14.8. The molecule has 0 aromatic carbocycles. The predicted octanol–water partition coefficient (Wildman–Crippen LogP) is 1.25. The summed E-state index contributed by atoms with van der Waals surface area (Å²) in [6.07, 6.45) is 2.46. The Morgan fingerprint density at radius 3 is 3.00 bits per heavy atom. The van der Waals surface area contributed by atoms with Crippen LogP contribution in [-0.2, 0) is 18.3 Å². The van der Waals surface area contributed by atoms with Crippen molar-refractivity contribution in [3.63, 3.8) is 0 Å². The molecule has 0 bridgehead atoms. The van der Waals surface area contributed by atoms with E-state index in [0.29, 0.717) is 18.4 Å². The van der Waals surface area contributed by atoms with Gasteiger partial charge in [0.05, 0.1) is 18.7 Å². The summed E-state index contributed by atoms with van der Waals surface area (Å²) in [5.74, 6) is 1.47. The minimum Gasteiger partial charge on any atom is -0.383 e. The molecule has 4 rings (SSSR count). The van der Waals surface area contributed by atoms with Gasteiger partial charge < -0.3 is 4.74 Å². The van der Waals surface area contributed by atoms with Crippen LogP contribution in [0.25, 0.3) is 16.0 Å². The Hall–Kier alpha value is -1.77. The SMILES string of the molecule is COCCN(Cc1nnc2n(C)c(=O)c3sccc3n12)C1CC1. The van der Waals surface area contributed by atoms with Crippen molar-refractivity contribution in [2.75, 3.05) is 20.3 Å². The first-order valence-corrected chi connectivity index (χ1v) is 8.62. The lowest BCUT2D eigenvalue weighted by Gasteiger charge is -2.20. The van der Waals surface area contributed by atoms with Gasteiger partial charge in [0.1, 0.15) is 4.70 Å². The zero-order chi connectivity index (χ0) is 16.0. The topological polar surface area (TPSA) is 64.7 Å². The minimum absolute atomic E-state index is 0.0140. The number of fused-ring (bicyclic) bond motifs is 3. The Morgan fingerprint density at radius 1 is 1.43 bits per heavy atom. The second-order valence-electron chi connectivity index (χ2n) is 5.95. The fourth-order valence-electron chi connectivity index (χ4n) is 2.98. The van der Waals surface area contributed by atoms with E-state index in [1.807, 2.05) is 15.8 Å². The minimum atomic E-state index is -0.0140. The van der Waals surface area contributed by atoms with Crippen molar-refractivity contribution in [3.8, 4) is 0 Å². The zero-order valence-electron chi connectivity index (χ0n) is 13.2. The third kappa shape index (κ3) is 2.46. The number of nitrogens with zero attached hydrogens (tertiary/aromatic N) is 5. The quantitative estimate of drug-likeness (QED) is 0.679. The second-order valence-corrected chi connectivity index (χ2v) is 6.86. The van der Waals surface area contributed by atoms with Crippen molar-refractivity contribution in [2.24, 2.45) is 7.05 Å². The first-order chi connectivity index (χ1) is 11.2. The summed E-state index contributed by atoms with van der Waals surface area (Å²) in [6, 6.07) is 2.58. The van der Waals surface area contributed by atoms with Crippen LogP contribution < -0.4 is 5.56 Å². The van der Waals surface area contributed by atoms with Gasteiger partial charge in [-0.3, -0.25) is 18.7 Å². The third-order valence-corrected chi connectivity index (χ3v) is 5.28. The van der Waals surface area contributed by atoms with Crippen LogP contribution in [0.2, 0.25) is 0 Å². The summed E-state index contributed by atoms with van der Waals surface area (Å²) >= 11 is 1.46. The van der Waals surface area contributed by atoms with Crippen molar-refractivity contribution < 1.29 is 4.74 Å². The van der Waals surface area contributed by atoms with Gasteiger partial charge in [-0.05, 0) is 24.3 Å². The number of ether oxygens (including phenoxy) is 1. The largest absolute Gasteiger partial charge is 0.383 e. The van der Waals surface area contributed by atoms with Crippen molar-refractivity contribution >= 4 is 27.3 Å². The highest BCUT2D eigenvalue weighted by atomic mass is 32.1. The van der Waals surface area contributed by atoms with Gasteiger partial charge in [0, 0.05) is 26.7 Å². The summed E-state index contributed by atoms with van der Waals surface area (Å²) in [6.45, 7) is 2.31. The Balaban J connectivity index is 1.80. The lowest BCUT2D eigenvalue weighted by molar-refractivity contribution is 0.137. The molecule has 1 aliphatic rings. The van der Waals surface area contributed by atoms with Gasteiger partial charge in [-0.1, -0.05) is 0 Å². The molecule has 7 nitrogen and oxygen atoms in total. The van der Waals surface area contributed by atoms with Gasteiger partial charge in [0.25, 0.3) is 5.56 Å². The molecule has 23 heavy (non-hydrogen) atoms. The molecule has 3 aromatic rings. The fourth-order valence-corrected chi connectivity index (χ4v) is 3.83. The summed E-state index contributed by atoms with van der Waals surface area (Å²) in [5, 5.41) is 10.5. The van der Waals surface area contributed by atoms with E-state index in [-0.39, 0.29) is 5.56 Å². The fraction of sp³-hybridized carbons (Fsp3) is 0.533. The molecule has 0 spiro atoms. The van der Waals surface area contributed by atoms with Crippen LogP contribution in [0.5, 0.6) is 0 Å². The maximum Gasteiger partial charge on any atom is 0.272 e. The van der Waals surface area contributed by atoms with E-state index in [1.54, 1.807) is 18.7 Å². The van der Waals surface area contributed by atoms with Crippen LogP contribution >= 0.6 is 11.3 Å². The van der Waals surface area contributed by atoms with E-state index >= 15 is 0 Å². The highest BCUT2D eigenvalue weighted by Gasteiger charge is 2.30. The van der Waals surface area contributed by atoms with Crippen molar-refractivity contribution in [1.29, 1.82) is 0 Å². The van der Waals surface area contributed by atoms with Crippen molar-refractivity contribution in [1.82, 2.24) is 24.1 Å². The number of hydrogen-bond donors (Lipinski definition) is 0. The predicted molar refractivity (Wildman–Crippen MR) is 88.9 cm³/mol. The molecule has 0 amide bonds. The highest BCUT2D eigenvalue weighted by molar-refractivity contribution is 7.17. The first-order valence-electron chi connectivity index (χ1n) is 7.74. The molecule has 0 atom stereocenters. The molecule has 0 N–H and O–H groups in total. The van der Waals surface area contributed by atoms with Crippen LogP contribution in [0.1, 0.15) is 18.7 Å². The number of methoxy groups -OCH3 is 1. The van der Waals surface area contributed by atoms with Crippen LogP contribution in [0.15, 0.2) is 16.2 Å². The Labute approximate surface area is 137 Å². The average molecular weight is 333 g/mol. The Kier molecular flexibility index (Phi) is 3.67. The summed E-state index contributed by atoms with van der Waals surface area (Å²) in [4.78, 5) is 14.8. The van der Waals surface area contributed by atoms with Gasteiger partial charge in [0.2, 0.25) is 5.78 Å². The normalized spacial score (nSPS) is 15.3. The molecule has 3 aromatic heterocycles. The number of aryl methyl sites for hydroxylation is 1. The smallest absolute Gasteiger partial charge is 0.272 e. The molecule has 0 radical (unpaired) electrons. The summed E-state index contributed by atoms with van der Waals surface area (Å²) < 4.78 is 9.55. The molecule has 0 saturated heterocycles. The maximum atomic E-state index is 12.4. The van der Waals surface area contributed by atoms with Crippen molar-refractivity contribution in [3.05, 3.63) is 27.6 Å². The molecule has 8 heteroatoms. The number of rotatable bonds is 6. The molecular weight excluding hydrogens is 314 g/mol. The Bertz CT molecular complexity index is 908. The number of thiophene rings is 1. The molecule has 122 valence electrons. The molecule has 3 heterocycles. The van der Waals surface area contributed by atoms with Gasteiger partial charge in [0.15, 0.2) is 5.82 Å². The standard InChI is InChI=1S/C15H19N5O2S/c1-18-14(21)13-11(5-8-23-13)20-12(16-17-15(18)20)9-19(6-7-22-2)10-3-4-10/h5,8,10H,3-4,6-7,9H2,1-2H3. The van der Waals surface area contributed by atoms with Crippen LogP contribution in [0, 0.1) is 0 Å². The third-order valence-electron chi connectivity index (χ3n) is 4.39. The molecule has 0 aliphatic heterocycles. The highest BCUT2D eigenvalue weighted by Crippen LogP contribution is 2.28. The molecular formula is C15H19N5O2S. The van der Waals surface area contributed by atoms with E-state index in [1.165, 1.54) is 24.2 Å². The van der Waals surface area contributed by atoms with Gasteiger partial charge in [-0.15, -0.1) is 21.5 Å². The molecule has 0 unspecified atom stereocenters. The Morgan fingerprint density at radius 2 is 2.26 bits per heavy atom. The van der Waals surface area contributed by atoms with Crippen LogP contribution in [0.4, 0.5) is 0 Å². The van der Waals surface area contributed by atoms with Gasteiger partial charge in [-0.2, -0.15) is 0 Å². The lowest BCUT2D eigenvalue weighted by atomic mass is 10.4. The zero-order valence-corrected chi connectivity index (χ0v) is 14.0. The molecule has 1 saturated carbocycles. The monoisotopic (exact) mass is 333 g/mol. The average Bonchev–Trinajstić information content (AvgIpc) is 3.13. The van der Waals surface area contributed by atoms with E-state index in [2.05, 4.69) is 15.1 Å². The number of hydrogen-bond acceptors (Lipinski definition) is 6.